The molecule has 0 aromatic heterocycles. The van der Waals surface area contributed by atoms with Gasteiger partial charge in [0.25, 0.3) is 0 Å². The standard InChI is InChI=1S/C13H24N2S2/c1-13(2)8-9-17-12(15-13)14-10-4-6-11(16-3)7-5-10/h10-11H,4-9H2,1-3H3,(H,14,15). The first-order valence-corrected chi connectivity index (χ1v) is 8.88. The summed E-state index contributed by atoms with van der Waals surface area (Å²) in [7, 11) is 0. The quantitative estimate of drug-likeness (QED) is 0.832. The molecule has 0 atom stereocenters. The van der Waals surface area contributed by atoms with E-state index >= 15 is 0 Å². The van der Waals surface area contributed by atoms with Crippen LogP contribution in [0.5, 0.6) is 0 Å². The number of nitrogens with one attached hydrogen (secondary N) is 1. The predicted molar refractivity (Wildman–Crippen MR) is 81.3 cm³/mol. The van der Waals surface area contributed by atoms with Crippen molar-refractivity contribution in [1.82, 2.24) is 5.32 Å². The van der Waals surface area contributed by atoms with Crippen molar-refractivity contribution in [2.75, 3.05) is 12.0 Å². The Morgan fingerprint density at radius 3 is 2.59 bits per heavy atom. The molecule has 1 heterocycles. The summed E-state index contributed by atoms with van der Waals surface area (Å²) in [6.07, 6.45) is 8.70. The second-order valence-electron chi connectivity index (χ2n) is 5.71. The maximum Gasteiger partial charge on any atom is 0.157 e. The van der Waals surface area contributed by atoms with Gasteiger partial charge >= 0.3 is 0 Å². The van der Waals surface area contributed by atoms with Crippen molar-refractivity contribution in [1.29, 1.82) is 0 Å². The van der Waals surface area contributed by atoms with E-state index in [2.05, 4.69) is 25.4 Å². The number of rotatable bonds is 2. The summed E-state index contributed by atoms with van der Waals surface area (Å²) in [6.45, 7) is 4.54. The molecular formula is C13H24N2S2. The lowest BCUT2D eigenvalue weighted by Crippen LogP contribution is -2.46. The maximum absolute atomic E-state index is 4.92. The average Bonchev–Trinajstić information content (AvgIpc) is 2.29. The highest BCUT2D eigenvalue weighted by molar-refractivity contribution is 8.13. The van der Waals surface area contributed by atoms with Gasteiger partial charge in [0.1, 0.15) is 0 Å². The SMILES string of the molecule is CSC1CCC(N=C2NC(C)(C)CCS2)CC1. The maximum atomic E-state index is 4.92. The fourth-order valence-corrected chi connectivity index (χ4v) is 4.56. The van der Waals surface area contributed by atoms with Crippen LogP contribution in [-0.4, -0.2) is 34.0 Å². The molecule has 0 bridgehead atoms. The van der Waals surface area contributed by atoms with Crippen LogP contribution in [0.15, 0.2) is 4.99 Å². The molecule has 0 radical (unpaired) electrons. The number of thioether (sulfide) groups is 2. The number of hydrogen-bond acceptors (Lipinski definition) is 3. The Kier molecular flexibility index (Phi) is 4.70. The van der Waals surface area contributed by atoms with Crippen LogP contribution in [0.2, 0.25) is 0 Å². The minimum Gasteiger partial charge on any atom is -0.360 e. The fraction of sp³-hybridized carbons (Fsp3) is 0.923. The molecule has 1 N–H and O–H groups in total. The van der Waals surface area contributed by atoms with E-state index < -0.39 is 0 Å². The van der Waals surface area contributed by atoms with Crippen molar-refractivity contribution < 1.29 is 0 Å². The zero-order valence-corrected chi connectivity index (χ0v) is 12.8. The van der Waals surface area contributed by atoms with Crippen molar-refractivity contribution in [3.05, 3.63) is 0 Å². The van der Waals surface area contributed by atoms with Crippen LogP contribution in [0.4, 0.5) is 0 Å². The molecule has 1 saturated heterocycles. The molecule has 0 amide bonds. The molecule has 1 aliphatic carbocycles. The monoisotopic (exact) mass is 272 g/mol. The Labute approximate surface area is 114 Å². The van der Waals surface area contributed by atoms with E-state index in [4.69, 9.17) is 4.99 Å². The zero-order chi connectivity index (χ0) is 12.3. The molecule has 2 nitrogen and oxygen atoms in total. The van der Waals surface area contributed by atoms with Crippen molar-refractivity contribution in [3.8, 4) is 0 Å². The Balaban J connectivity index is 1.87. The summed E-state index contributed by atoms with van der Waals surface area (Å²) < 4.78 is 0. The van der Waals surface area contributed by atoms with Gasteiger partial charge in [0.2, 0.25) is 0 Å². The van der Waals surface area contributed by atoms with Crippen LogP contribution < -0.4 is 5.32 Å². The van der Waals surface area contributed by atoms with Gasteiger partial charge in [-0.05, 0) is 52.2 Å². The van der Waals surface area contributed by atoms with E-state index in [0.29, 0.717) is 6.04 Å². The summed E-state index contributed by atoms with van der Waals surface area (Å²) in [6, 6.07) is 0.572. The third kappa shape index (κ3) is 4.09. The van der Waals surface area contributed by atoms with Gasteiger partial charge in [-0.15, -0.1) is 0 Å². The van der Waals surface area contributed by atoms with Crippen LogP contribution in [-0.2, 0) is 0 Å². The van der Waals surface area contributed by atoms with Crippen molar-refractivity contribution in [3.63, 3.8) is 0 Å². The van der Waals surface area contributed by atoms with Crippen LogP contribution in [0, 0.1) is 0 Å². The molecule has 1 saturated carbocycles. The van der Waals surface area contributed by atoms with E-state index in [1.54, 1.807) is 0 Å². The summed E-state index contributed by atoms with van der Waals surface area (Å²) in [5, 5.41) is 5.65. The molecular weight excluding hydrogens is 248 g/mol. The van der Waals surface area contributed by atoms with Gasteiger partial charge in [-0.2, -0.15) is 11.8 Å². The number of hydrogen-bond donors (Lipinski definition) is 1. The zero-order valence-electron chi connectivity index (χ0n) is 11.2. The highest BCUT2D eigenvalue weighted by Gasteiger charge is 2.26. The van der Waals surface area contributed by atoms with E-state index in [1.807, 2.05) is 23.5 Å². The summed E-state index contributed by atoms with van der Waals surface area (Å²) in [5.74, 6) is 1.21. The summed E-state index contributed by atoms with van der Waals surface area (Å²) >= 11 is 3.92. The topological polar surface area (TPSA) is 24.4 Å². The minimum atomic E-state index is 0.237. The third-order valence-corrected chi connectivity index (χ3v) is 5.72. The second-order valence-corrected chi connectivity index (χ2v) is 7.93. The van der Waals surface area contributed by atoms with Gasteiger partial charge in [-0.3, -0.25) is 4.99 Å². The largest absolute Gasteiger partial charge is 0.360 e. The molecule has 0 unspecified atom stereocenters. The van der Waals surface area contributed by atoms with Crippen LogP contribution in [0.1, 0.15) is 46.0 Å². The minimum absolute atomic E-state index is 0.237. The molecule has 98 valence electrons. The van der Waals surface area contributed by atoms with Crippen molar-refractivity contribution >= 4 is 28.7 Å². The predicted octanol–water partition coefficient (Wildman–Crippen LogP) is 3.52. The number of aliphatic imine (C=N–C) groups is 1. The Morgan fingerprint density at radius 1 is 1.29 bits per heavy atom. The molecule has 2 rings (SSSR count). The highest BCUT2D eigenvalue weighted by atomic mass is 32.2. The van der Waals surface area contributed by atoms with Crippen LogP contribution in [0.25, 0.3) is 0 Å². The van der Waals surface area contributed by atoms with E-state index in [-0.39, 0.29) is 5.54 Å². The lowest BCUT2D eigenvalue weighted by molar-refractivity contribution is 0.432. The lowest BCUT2D eigenvalue weighted by Gasteiger charge is -2.33. The average molecular weight is 272 g/mol. The molecule has 17 heavy (non-hydrogen) atoms. The van der Waals surface area contributed by atoms with Gasteiger partial charge in [0.05, 0.1) is 6.04 Å². The van der Waals surface area contributed by atoms with Gasteiger partial charge < -0.3 is 5.32 Å². The molecule has 0 spiro atoms. The van der Waals surface area contributed by atoms with E-state index in [0.717, 1.165) is 5.25 Å². The highest BCUT2D eigenvalue weighted by Crippen LogP contribution is 2.30. The van der Waals surface area contributed by atoms with Crippen LogP contribution in [0.3, 0.4) is 0 Å². The Bertz CT molecular complexity index is 281. The lowest BCUT2D eigenvalue weighted by atomic mass is 9.95. The number of nitrogens with zero attached hydrogens (tertiary/aromatic N) is 1. The Morgan fingerprint density at radius 2 is 2.00 bits per heavy atom. The smallest absolute Gasteiger partial charge is 0.157 e. The molecule has 1 aliphatic heterocycles. The van der Waals surface area contributed by atoms with E-state index in [9.17, 15) is 0 Å². The normalized spacial score (nSPS) is 35.6. The first-order valence-electron chi connectivity index (χ1n) is 6.61. The summed E-state index contributed by atoms with van der Waals surface area (Å²) in [4.78, 5) is 4.92. The molecule has 2 fully saturated rings. The van der Waals surface area contributed by atoms with Gasteiger partial charge in [0, 0.05) is 16.5 Å². The van der Waals surface area contributed by atoms with Crippen LogP contribution >= 0.6 is 23.5 Å². The number of amidine groups is 1. The molecule has 0 aromatic carbocycles. The molecule has 4 heteroatoms. The first kappa shape index (κ1) is 13.6. The van der Waals surface area contributed by atoms with E-state index in [1.165, 1.54) is 43.0 Å². The molecule has 0 aromatic rings. The van der Waals surface area contributed by atoms with Crippen molar-refractivity contribution in [2.45, 2.75) is 62.8 Å². The van der Waals surface area contributed by atoms with Crippen molar-refractivity contribution in [2.24, 2.45) is 4.99 Å². The van der Waals surface area contributed by atoms with Gasteiger partial charge in [0.15, 0.2) is 5.17 Å². The van der Waals surface area contributed by atoms with Gasteiger partial charge in [-0.1, -0.05) is 11.8 Å². The third-order valence-electron chi connectivity index (χ3n) is 3.69. The Hall–Kier alpha value is 0.170. The second kappa shape index (κ2) is 5.87. The summed E-state index contributed by atoms with van der Waals surface area (Å²) in [5.41, 5.74) is 0.237. The fourth-order valence-electron chi connectivity index (χ4n) is 2.44. The molecule has 2 aliphatic rings. The van der Waals surface area contributed by atoms with Gasteiger partial charge in [-0.25, -0.2) is 0 Å². The first-order chi connectivity index (χ1) is 8.09.